The summed E-state index contributed by atoms with van der Waals surface area (Å²) in [6.45, 7) is 0. The molecule has 0 amide bonds. The van der Waals surface area contributed by atoms with E-state index in [4.69, 9.17) is 13.3 Å². The van der Waals surface area contributed by atoms with Crippen LogP contribution in [0, 0.1) is 0 Å². The molecule has 0 bridgehead atoms. The van der Waals surface area contributed by atoms with Crippen molar-refractivity contribution in [3.05, 3.63) is 0 Å². The minimum atomic E-state index is -2.29. The van der Waals surface area contributed by atoms with E-state index < -0.39 is 8.80 Å². The van der Waals surface area contributed by atoms with Crippen LogP contribution in [0.2, 0.25) is 6.04 Å². The number of rotatable bonds is 6. The molecule has 0 atom stereocenters. The summed E-state index contributed by atoms with van der Waals surface area (Å²) in [7, 11) is 2.58. The zero-order valence-electron chi connectivity index (χ0n) is 7.79. The van der Waals surface area contributed by atoms with Crippen molar-refractivity contribution < 1.29 is 18.8 Å². The van der Waals surface area contributed by atoms with Crippen LogP contribution in [-0.4, -0.2) is 41.4 Å². The van der Waals surface area contributed by atoms with Gasteiger partial charge in [0.25, 0.3) is 0 Å². The fourth-order valence-corrected chi connectivity index (χ4v) is 3.03. The molecule has 0 heterocycles. The smallest absolute Gasteiger partial charge is 0.412 e. The normalized spacial score (nSPS) is 11.0. The molecule has 76 valence electrons. The Balaban J connectivity index is 0. The van der Waals surface area contributed by atoms with E-state index in [0.717, 1.165) is 18.2 Å². The minimum Gasteiger partial charge on any atom is -0.412 e. The fourth-order valence-electron chi connectivity index (χ4n) is 0.852. The van der Waals surface area contributed by atoms with Gasteiger partial charge < -0.3 is 18.8 Å². The van der Waals surface area contributed by atoms with Gasteiger partial charge in [0.15, 0.2) is 0 Å². The maximum Gasteiger partial charge on any atom is 0.500 e. The van der Waals surface area contributed by atoms with Crippen LogP contribution < -0.4 is 0 Å². The Morgan fingerprint density at radius 1 is 1.08 bits per heavy atom. The van der Waals surface area contributed by atoms with Gasteiger partial charge in [0.2, 0.25) is 0 Å². The first-order valence-electron chi connectivity index (χ1n) is 3.51. The van der Waals surface area contributed by atoms with Crippen molar-refractivity contribution in [2.24, 2.45) is 0 Å². The molecule has 0 aliphatic carbocycles. The molecule has 0 saturated heterocycles. The Labute approximate surface area is 80.3 Å². The Morgan fingerprint density at radius 3 is 1.75 bits per heavy atom. The van der Waals surface area contributed by atoms with E-state index in [2.05, 4.69) is 12.6 Å². The van der Waals surface area contributed by atoms with Crippen molar-refractivity contribution in [2.45, 2.75) is 12.5 Å². The van der Waals surface area contributed by atoms with Gasteiger partial charge in [0.1, 0.15) is 0 Å². The number of hydrogen-bond acceptors (Lipinski definition) is 4. The first-order valence-corrected chi connectivity index (χ1v) is 6.07. The summed E-state index contributed by atoms with van der Waals surface area (Å²) in [5.41, 5.74) is 0. The zero-order valence-corrected chi connectivity index (χ0v) is 9.69. The van der Waals surface area contributed by atoms with Crippen LogP contribution in [0.4, 0.5) is 0 Å². The molecule has 0 radical (unpaired) electrons. The second-order valence-electron chi connectivity index (χ2n) is 2.12. The lowest BCUT2D eigenvalue weighted by Gasteiger charge is -2.23. The third-order valence-corrected chi connectivity index (χ3v) is 4.72. The van der Waals surface area contributed by atoms with E-state index in [9.17, 15) is 0 Å². The second kappa shape index (κ2) is 8.03. The summed E-state index contributed by atoms with van der Waals surface area (Å²) >= 11 is 4.10. The van der Waals surface area contributed by atoms with Crippen molar-refractivity contribution >= 4 is 21.4 Å². The molecule has 12 heavy (non-hydrogen) atoms. The molecule has 0 aromatic rings. The first-order chi connectivity index (χ1) is 5.24. The van der Waals surface area contributed by atoms with Crippen molar-refractivity contribution in [1.29, 1.82) is 0 Å². The predicted molar refractivity (Wildman–Crippen MR) is 53.7 cm³/mol. The van der Waals surface area contributed by atoms with Crippen LogP contribution in [0.15, 0.2) is 0 Å². The molecule has 2 N–H and O–H groups in total. The fraction of sp³-hybridized carbons (Fsp3) is 1.00. The molecule has 0 rings (SSSR count). The first kappa shape index (κ1) is 14.9. The van der Waals surface area contributed by atoms with Crippen LogP contribution >= 0.6 is 12.6 Å². The van der Waals surface area contributed by atoms with Gasteiger partial charge >= 0.3 is 8.80 Å². The molecule has 0 unspecified atom stereocenters. The summed E-state index contributed by atoms with van der Waals surface area (Å²) in [6, 6.07) is 0.833. The van der Waals surface area contributed by atoms with Crippen LogP contribution in [0.25, 0.3) is 0 Å². The van der Waals surface area contributed by atoms with Gasteiger partial charge in [-0.1, -0.05) is 0 Å². The standard InChI is InChI=1S/C6H16O3SSi.H2O/c1-7-11(8-2,9-3)6-4-5-10;/h10H,4-6H2,1-3H3;1H2. The Hall–Kier alpha value is 0.407. The highest BCUT2D eigenvalue weighted by molar-refractivity contribution is 7.80. The third-order valence-electron chi connectivity index (χ3n) is 1.57. The van der Waals surface area contributed by atoms with Crippen molar-refractivity contribution in [2.75, 3.05) is 27.1 Å². The van der Waals surface area contributed by atoms with Gasteiger partial charge in [-0.25, -0.2) is 0 Å². The molecule has 6 heteroatoms. The van der Waals surface area contributed by atoms with E-state index in [1.165, 1.54) is 0 Å². The molecule has 0 spiro atoms. The lowest BCUT2D eigenvalue weighted by Crippen LogP contribution is -2.42. The molecule has 4 nitrogen and oxygen atoms in total. The average molecular weight is 214 g/mol. The van der Waals surface area contributed by atoms with Crippen LogP contribution in [0.1, 0.15) is 6.42 Å². The number of hydrogen-bond donors (Lipinski definition) is 1. The molecule has 0 saturated carbocycles. The molecule has 0 aromatic heterocycles. The monoisotopic (exact) mass is 214 g/mol. The van der Waals surface area contributed by atoms with E-state index in [1.54, 1.807) is 21.3 Å². The highest BCUT2D eigenvalue weighted by Gasteiger charge is 2.36. The summed E-state index contributed by atoms with van der Waals surface area (Å²) < 4.78 is 15.6. The highest BCUT2D eigenvalue weighted by Crippen LogP contribution is 2.14. The quantitative estimate of drug-likeness (QED) is 0.513. The lowest BCUT2D eigenvalue weighted by atomic mass is 10.6. The minimum absolute atomic E-state index is 0. The van der Waals surface area contributed by atoms with Crippen molar-refractivity contribution in [3.8, 4) is 0 Å². The van der Waals surface area contributed by atoms with Gasteiger partial charge in [-0.2, -0.15) is 12.6 Å². The molecule has 0 aliphatic heterocycles. The van der Waals surface area contributed by atoms with Gasteiger partial charge in [0, 0.05) is 27.4 Å². The van der Waals surface area contributed by atoms with E-state index in [-0.39, 0.29) is 5.48 Å². The maximum absolute atomic E-state index is 5.20. The average Bonchev–Trinajstić information content (AvgIpc) is 2.08. The number of thiol groups is 1. The predicted octanol–water partition coefficient (Wildman–Crippen LogP) is 0.360. The second-order valence-corrected chi connectivity index (χ2v) is 5.66. The molecular weight excluding hydrogens is 196 g/mol. The summed E-state index contributed by atoms with van der Waals surface area (Å²) in [4.78, 5) is 0. The molecule has 0 aromatic carbocycles. The zero-order chi connectivity index (χ0) is 8.74. The van der Waals surface area contributed by atoms with Crippen LogP contribution in [0.3, 0.4) is 0 Å². The molecule has 0 aliphatic rings. The largest absolute Gasteiger partial charge is 0.500 e. The summed E-state index contributed by atoms with van der Waals surface area (Å²) in [5.74, 6) is 0.838. The maximum atomic E-state index is 5.20. The van der Waals surface area contributed by atoms with Gasteiger partial charge in [0.05, 0.1) is 0 Å². The SMILES string of the molecule is CO[Si](CCCS)(OC)OC.O. The van der Waals surface area contributed by atoms with Gasteiger partial charge in [-0.05, 0) is 12.2 Å². The Kier molecular flexibility index (Phi) is 9.97. The van der Waals surface area contributed by atoms with E-state index in [0.29, 0.717) is 0 Å². The Bertz CT molecular complexity index is 91.3. The van der Waals surface area contributed by atoms with E-state index >= 15 is 0 Å². The van der Waals surface area contributed by atoms with Crippen molar-refractivity contribution in [1.82, 2.24) is 0 Å². The van der Waals surface area contributed by atoms with E-state index in [1.807, 2.05) is 0 Å². The van der Waals surface area contributed by atoms with Gasteiger partial charge in [-0.3, -0.25) is 0 Å². The third kappa shape index (κ3) is 4.44. The van der Waals surface area contributed by atoms with Crippen LogP contribution in [-0.2, 0) is 13.3 Å². The van der Waals surface area contributed by atoms with Crippen molar-refractivity contribution in [3.63, 3.8) is 0 Å². The molecule has 0 fully saturated rings. The van der Waals surface area contributed by atoms with Gasteiger partial charge in [-0.15, -0.1) is 0 Å². The molecular formula is C6H18O4SSi. The van der Waals surface area contributed by atoms with Crippen LogP contribution in [0.5, 0.6) is 0 Å². The summed E-state index contributed by atoms with van der Waals surface area (Å²) in [5, 5.41) is 0. The topological polar surface area (TPSA) is 59.2 Å². The summed E-state index contributed by atoms with van der Waals surface area (Å²) in [6.07, 6.45) is 0.963. The Morgan fingerprint density at radius 2 is 1.50 bits per heavy atom. The highest BCUT2D eigenvalue weighted by atomic mass is 32.1. The lowest BCUT2D eigenvalue weighted by molar-refractivity contribution is 0.123.